The summed E-state index contributed by atoms with van der Waals surface area (Å²) in [5.41, 5.74) is 1.83. The summed E-state index contributed by atoms with van der Waals surface area (Å²) in [7, 11) is 2.97. The third kappa shape index (κ3) is 5.00. The first-order valence-corrected chi connectivity index (χ1v) is 13.3. The summed E-state index contributed by atoms with van der Waals surface area (Å²) in [6, 6.07) is 8.72. The molecule has 226 valence electrons. The molecule has 4 atom stereocenters. The van der Waals surface area contributed by atoms with Crippen LogP contribution in [-0.4, -0.2) is 75.2 Å². The maximum Gasteiger partial charge on any atom is 0.339 e. The van der Waals surface area contributed by atoms with Crippen LogP contribution in [0.25, 0.3) is 21.9 Å². The molecule has 3 aliphatic rings. The number of benzene rings is 3. The Morgan fingerprint density at radius 2 is 1.58 bits per heavy atom. The van der Waals surface area contributed by atoms with Crippen molar-refractivity contribution in [3.05, 3.63) is 41.5 Å². The van der Waals surface area contributed by atoms with Gasteiger partial charge in [-0.3, -0.25) is 9.59 Å². The van der Waals surface area contributed by atoms with Gasteiger partial charge in [0, 0.05) is 30.4 Å². The molecule has 3 aliphatic heterocycles. The molecule has 0 amide bonds. The Bertz CT molecular complexity index is 1630. The molecule has 13 heteroatoms. The van der Waals surface area contributed by atoms with Crippen LogP contribution in [-0.2, 0) is 35.1 Å². The summed E-state index contributed by atoms with van der Waals surface area (Å²) in [5.74, 6) is 0.0852. The van der Waals surface area contributed by atoms with Gasteiger partial charge in [-0.25, -0.2) is 4.79 Å². The van der Waals surface area contributed by atoms with E-state index in [9.17, 15) is 19.5 Å². The maximum atomic E-state index is 13.3. The van der Waals surface area contributed by atoms with Crippen molar-refractivity contribution >= 4 is 28.7 Å². The lowest BCUT2D eigenvalue weighted by atomic mass is 9.89. The van der Waals surface area contributed by atoms with Crippen LogP contribution in [0.3, 0.4) is 0 Å². The van der Waals surface area contributed by atoms with E-state index >= 15 is 0 Å². The molecule has 13 nitrogen and oxygen atoms in total. The number of aliphatic hydroxyl groups is 1. The summed E-state index contributed by atoms with van der Waals surface area (Å²) in [5, 5.41) is 12.0. The Balaban J connectivity index is 1.54. The third-order valence-electron chi connectivity index (χ3n) is 7.34. The summed E-state index contributed by atoms with van der Waals surface area (Å²) in [6.07, 6.45) is -5.30. The number of aliphatic hydroxyl groups excluding tert-OH is 1. The van der Waals surface area contributed by atoms with Gasteiger partial charge in [0.05, 0.1) is 26.4 Å². The van der Waals surface area contributed by atoms with Crippen molar-refractivity contribution in [2.75, 3.05) is 27.6 Å². The molecule has 3 aromatic carbocycles. The fraction of sp³-hybridized carbons (Fsp3) is 0.367. The number of rotatable bonds is 7. The fourth-order valence-electron chi connectivity index (χ4n) is 5.50. The predicted octanol–water partition coefficient (Wildman–Crippen LogP) is 2.88. The maximum absolute atomic E-state index is 13.3. The highest BCUT2D eigenvalue weighted by atomic mass is 16.7. The standard InChI is InChI=1S/C30H28O13/c1-13(31)41-23-11-38-30(28(26(23)33)42-14(2)32)43-27-17-9-21(36-4)20(35-3)8-16(17)24(25-18(27)10-37-29(25)34)15-5-6-19-22(7-15)40-12-39-19/h5-9,23,26,28,30,33H,10-12H2,1-4H3/t23-,26+,28-,30?/m1/s1. The predicted molar refractivity (Wildman–Crippen MR) is 145 cm³/mol. The molecule has 0 spiro atoms. The monoisotopic (exact) mass is 596 g/mol. The summed E-state index contributed by atoms with van der Waals surface area (Å²) < 4.78 is 50.4. The van der Waals surface area contributed by atoms with Crippen molar-refractivity contribution in [1.29, 1.82) is 0 Å². The molecule has 0 bridgehead atoms. The van der Waals surface area contributed by atoms with E-state index < -0.39 is 42.5 Å². The summed E-state index contributed by atoms with van der Waals surface area (Å²) >= 11 is 0. The molecule has 6 rings (SSSR count). The minimum absolute atomic E-state index is 0.0759. The normalized spacial score (nSPS) is 22.0. The molecule has 0 saturated carbocycles. The number of cyclic esters (lactones) is 1. The Kier molecular flexibility index (Phi) is 7.36. The van der Waals surface area contributed by atoms with Gasteiger partial charge in [-0.15, -0.1) is 0 Å². The van der Waals surface area contributed by atoms with Crippen molar-refractivity contribution in [3.8, 4) is 39.9 Å². The molecular formula is C30H28O13. The van der Waals surface area contributed by atoms with Crippen molar-refractivity contribution < 1.29 is 62.1 Å². The van der Waals surface area contributed by atoms with Gasteiger partial charge in [0.1, 0.15) is 18.5 Å². The largest absolute Gasteiger partial charge is 0.493 e. The molecule has 3 heterocycles. The van der Waals surface area contributed by atoms with E-state index in [1.54, 1.807) is 30.3 Å². The van der Waals surface area contributed by atoms with Gasteiger partial charge >= 0.3 is 17.9 Å². The molecule has 1 saturated heterocycles. The highest BCUT2D eigenvalue weighted by molar-refractivity contribution is 6.14. The SMILES string of the molecule is COc1cc2c(OC3OC[C@@H](OC(C)=O)[C@H](O)[C@H]3OC(C)=O)c3c(c(-c4ccc5c(c4)OCO5)c2cc1OC)C(=O)OC3. The van der Waals surface area contributed by atoms with E-state index in [2.05, 4.69) is 0 Å². The number of methoxy groups -OCH3 is 2. The Hall–Kier alpha value is -4.75. The number of carbonyl (C=O) groups is 3. The van der Waals surface area contributed by atoms with Crippen molar-refractivity contribution in [3.63, 3.8) is 0 Å². The molecule has 1 fully saturated rings. The van der Waals surface area contributed by atoms with E-state index in [4.69, 9.17) is 42.6 Å². The van der Waals surface area contributed by atoms with Crippen LogP contribution in [0.4, 0.5) is 0 Å². The van der Waals surface area contributed by atoms with E-state index in [-0.39, 0.29) is 31.3 Å². The fourth-order valence-corrected chi connectivity index (χ4v) is 5.50. The van der Waals surface area contributed by atoms with Crippen molar-refractivity contribution in [2.24, 2.45) is 0 Å². The number of ether oxygens (including phenoxy) is 9. The second kappa shape index (κ2) is 11.2. The topological polar surface area (TPSA) is 155 Å². The van der Waals surface area contributed by atoms with Crippen LogP contribution in [0.15, 0.2) is 30.3 Å². The van der Waals surface area contributed by atoms with Gasteiger partial charge < -0.3 is 47.7 Å². The molecule has 3 aromatic rings. The zero-order valence-corrected chi connectivity index (χ0v) is 23.7. The van der Waals surface area contributed by atoms with E-state index in [1.165, 1.54) is 21.1 Å². The lowest BCUT2D eigenvalue weighted by Gasteiger charge is -2.38. The van der Waals surface area contributed by atoms with E-state index in [0.29, 0.717) is 50.5 Å². The molecule has 1 unspecified atom stereocenters. The molecule has 0 radical (unpaired) electrons. The number of hydrogen-bond donors (Lipinski definition) is 1. The van der Waals surface area contributed by atoms with Gasteiger partial charge in [-0.2, -0.15) is 0 Å². The smallest absolute Gasteiger partial charge is 0.339 e. The number of esters is 3. The Morgan fingerprint density at radius 1 is 0.884 bits per heavy atom. The van der Waals surface area contributed by atoms with E-state index in [1.807, 2.05) is 0 Å². The minimum atomic E-state index is -1.47. The minimum Gasteiger partial charge on any atom is -0.493 e. The molecule has 0 aromatic heterocycles. The van der Waals surface area contributed by atoms with Crippen LogP contribution in [0.2, 0.25) is 0 Å². The first-order valence-electron chi connectivity index (χ1n) is 13.3. The lowest BCUT2D eigenvalue weighted by Crippen LogP contribution is -2.57. The van der Waals surface area contributed by atoms with Gasteiger partial charge in [-0.1, -0.05) is 6.07 Å². The number of hydrogen-bond acceptors (Lipinski definition) is 13. The van der Waals surface area contributed by atoms with Gasteiger partial charge in [0.2, 0.25) is 13.1 Å². The average molecular weight is 597 g/mol. The second-order valence-corrected chi connectivity index (χ2v) is 9.99. The van der Waals surface area contributed by atoms with Crippen LogP contribution in [0.1, 0.15) is 29.8 Å². The van der Waals surface area contributed by atoms with Gasteiger partial charge in [-0.05, 0) is 35.2 Å². The Labute approximate surface area is 245 Å². The number of fused-ring (bicyclic) bond motifs is 3. The molecular weight excluding hydrogens is 568 g/mol. The zero-order valence-electron chi connectivity index (χ0n) is 23.7. The quantitative estimate of drug-likeness (QED) is 0.314. The van der Waals surface area contributed by atoms with Crippen LogP contribution < -0.4 is 23.7 Å². The molecule has 43 heavy (non-hydrogen) atoms. The lowest BCUT2D eigenvalue weighted by molar-refractivity contribution is -0.254. The third-order valence-corrected chi connectivity index (χ3v) is 7.34. The second-order valence-electron chi connectivity index (χ2n) is 9.99. The summed E-state index contributed by atoms with van der Waals surface area (Å²) in [4.78, 5) is 36.9. The van der Waals surface area contributed by atoms with Crippen LogP contribution >= 0.6 is 0 Å². The van der Waals surface area contributed by atoms with Crippen LogP contribution in [0.5, 0.6) is 28.7 Å². The van der Waals surface area contributed by atoms with E-state index in [0.717, 1.165) is 6.92 Å². The molecule has 0 aliphatic carbocycles. The van der Waals surface area contributed by atoms with Gasteiger partial charge in [0.25, 0.3) is 0 Å². The van der Waals surface area contributed by atoms with Gasteiger partial charge in [0.15, 0.2) is 35.2 Å². The first kappa shape index (κ1) is 28.4. The average Bonchev–Trinajstić information content (AvgIpc) is 3.61. The van der Waals surface area contributed by atoms with Crippen molar-refractivity contribution in [2.45, 2.75) is 45.1 Å². The molecule has 1 N–H and O–H groups in total. The highest BCUT2D eigenvalue weighted by Crippen LogP contribution is 2.49. The van der Waals surface area contributed by atoms with Crippen molar-refractivity contribution in [1.82, 2.24) is 0 Å². The summed E-state index contributed by atoms with van der Waals surface area (Å²) in [6.45, 7) is 2.05. The first-order chi connectivity index (χ1) is 20.7. The Morgan fingerprint density at radius 3 is 2.28 bits per heavy atom. The number of carbonyl (C=O) groups excluding carboxylic acids is 3. The zero-order chi connectivity index (χ0) is 30.4. The highest BCUT2D eigenvalue weighted by Gasteiger charge is 2.46. The van der Waals surface area contributed by atoms with Crippen LogP contribution in [0, 0.1) is 0 Å².